The van der Waals surface area contributed by atoms with Gasteiger partial charge in [0.1, 0.15) is 12.1 Å². The fourth-order valence-corrected chi connectivity index (χ4v) is 2.36. The highest BCUT2D eigenvalue weighted by molar-refractivity contribution is 5.77. The fraction of sp³-hybridized carbons (Fsp3) is 0.462. The van der Waals surface area contributed by atoms with Gasteiger partial charge in [-0.1, -0.05) is 0 Å². The number of anilines is 1. The first-order valence-corrected chi connectivity index (χ1v) is 5.88. The van der Waals surface area contributed by atoms with E-state index in [1.54, 1.807) is 6.07 Å². The molecule has 0 bridgehead atoms. The number of aliphatic hydroxyl groups is 1. The zero-order valence-electron chi connectivity index (χ0n) is 9.60. The Balaban J connectivity index is 2.30. The van der Waals surface area contributed by atoms with Crippen molar-refractivity contribution in [3.8, 4) is 0 Å². The maximum atomic E-state index is 13.4. The van der Waals surface area contributed by atoms with Gasteiger partial charge in [-0.05, 0) is 37.5 Å². The minimum absolute atomic E-state index is 0.0325. The number of rotatable bonds is 3. The molecule has 4 heteroatoms. The van der Waals surface area contributed by atoms with Crippen LogP contribution >= 0.6 is 0 Å². The average Bonchev–Trinajstić information content (AvgIpc) is 2.37. The van der Waals surface area contributed by atoms with Gasteiger partial charge in [0.25, 0.3) is 0 Å². The van der Waals surface area contributed by atoms with Crippen LogP contribution in [0.15, 0.2) is 18.2 Å². The summed E-state index contributed by atoms with van der Waals surface area (Å²) in [5, 5.41) is 9.31. The van der Waals surface area contributed by atoms with E-state index in [1.807, 2.05) is 4.90 Å². The number of carbonyl (C=O) groups is 1. The number of nitrogens with zero attached hydrogens (tertiary/aromatic N) is 1. The molecule has 1 aliphatic heterocycles. The van der Waals surface area contributed by atoms with Crippen LogP contribution in [0.25, 0.3) is 0 Å². The Morgan fingerprint density at radius 3 is 2.94 bits per heavy atom. The van der Waals surface area contributed by atoms with Crippen LogP contribution in [0.1, 0.15) is 29.6 Å². The van der Waals surface area contributed by atoms with Crippen LogP contribution < -0.4 is 4.90 Å². The van der Waals surface area contributed by atoms with Crippen molar-refractivity contribution in [2.75, 3.05) is 18.1 Å². The van der Waals surface area contributed by atoms with Gasteiger partial charge < -0.3 is 10.0 Å². The summed E-state index contributed by atoms with van der Waals surface area (Å²) in [7, 11) is 0. The maximum absolute atomic E-state index is 13.4. The Bertz CT molecular complexity index is 408. The molecule has 1 atom stereocenters. The summed E-state index contributed by atoms with van der Waals surface area (Å²) in [6.07, 6.45) is 3.66. The van der Waals surface area contributed by atoms with Crippen molar-refractivity contribution < 1.29 is 14.3 Å². The largest absolute Gasteiger partial charge is 0.394 e. The van der Waals surface area contributed by atoms with Crippen LogP contribution in [0.5, 0.6) is 0 Å². The molecule has 1 unspecified atom stereocenters. The smallest absolute Gasteiger partial charge is 0.150 e. The first kappa shape index (κ1) is 12.0. The number of hydrogen-bond acceptors (Lipinski definition) is 3. The number of aliphatic hydroxyl groups excluding tert-OH is 1. The molecular formula is C13H16FNO2. The minimum atomic E-state index is -0.410. The Kier molecular flexibility index (Phi) is 3.74. The molecule has 1 heterocycles. The lowest BCUT2D eigenvalue weighted by molar-refractivity contribution is 0.112. The monoisotopic (exact) mass is 237 g/mol. The first-order valence-electron chi connectivity index (χ1n) is 5.88. The van der Waals surface area contributed by atoms with E-state index < -0.39 is 5.82 Å². The Morgan fingerprint density at radius 1 is 1.41 bits per heavy atom. The molecule has 1 aliphatic rings. The molecule has 1 N–H and O–H groups in total. The summed E-state index contributed by atoms with van der Waals surface area (Å²) in [6, 6.07) is 4.34. The highest BCUT2D eigenvalue weighted by Gasteiger charge is 2.22. The topological polar surface area (TPSA) is 40.5 Å². The highest BCUT2D eigenvalue weighted by atomic mass is 19.1. The van der Waals surface area contributed by atoms with Crippen LogP contribution in [-0.4, -0.2) is 30.6 Å². The van der Waals surface area contributed by atoms with Gasteiger partial charge in [0.2, 0.25) is 0 Å². The molecule has 2 rings (SSSR count). The van der Waals surface area contributed by atoms with E-state index in [0.29, 0.717) is 17.5 Å². The van der Waals surface area contributed by atoms with Gasteiger partial charge in [-0.3, -0.25) is 4.79 Å². The van der Waals surface area contributed by atoms with Gasteiger partial charge >= 0.3 is 0 Å². The van der Waals surface area contributed by atoms with Crippen molar-refractivity contribution in [3.05, 3.63) is 29.6 Å². The number of hydrogen-bond donors (Lipinski definition) is 1. The molecule has 17 heavy (non-hydrogen) atoms. The van der Waals surface area contributed by atoms with Gasteiger partial charge in [-0.2, -0.15) is 0 Å². The van der Waals surface area contributed by atoms with E-state index in [1.165, 1.54) is 12.1 Å². The molecule has 0 spiro atoms. The summed E-state index contributed by atoms with van der Waals surface area (Å²) >= 11 is 0. The van der Waals surface area contributed by atoms with Crippen molar-refractivity contribution in [2.24, 2.45) is 0 Å². The van der Waals surface area contributed by atoms with Crippen LogP contribution in [0.3, 0.4) is 0 Å². The van der Waals surface area contributed by atoms with E-state index >= 15 is 0 Å². The lowest BCUT2D eigenvalue weighted by Crippen LogP contribution is -2.42. The van der Waals surface area contributed by atoms with E-state index in [9.17, 15) is 14.3 Å². The molecule has 0 aromatic heterocycles. The molecule has 0 aliphatic carbocycles. The average molecular weight is 237 g/mol. The zero-order valence-corrected chi connectivity index (χ0v) is 9.60. The molecule has 0 amide bonds. The highest BCUT2D eigenvalue weighted by Crippen LogP contribution is 2.26. The third kappa shape index (κ3) is 2.64. The van der Waals surface area contributed by atoms with Crippen molar-refractivity contribution in [3.63, 3.8) is 0 Å². The molecular weight excluding hydrogens is 221 g/mol. The summed E-state index contributed by atoms with van der Waals surface area (Å²) in [6.45, 7) is 0.861. The van der Waals surface area contributed by atoms with Crippen LogP contribution in [0.2, 0.25) is 0 Å². The summed E-state index contributed by atoms with van der Waals surface area (Å²) in [5.41, 5.74) is 1.02. The third-order valence-electron chi connectivity index (χ3n) is 3.21. The molecule has 3 nitrogen and oxygen atoms in total. The van der Waals surface area contributed by atoms with E-state index in [-0.39, 0.29) is 12.6 Å². The fourth-order valence-electron chi connectivity index (χ4n) is 2.36. The molecule has 1 aromatic carbocycles. The second-order valence-corrected chi connectivity index (χ2v) is 4.39. The van der Waals surface area contributed by atoms with Gasteiger partial charge in [-0.15, -0.1) is 0 Å². The van der Waals surface area contributed by atoms with Gasteiger partial charge in [0.05, 0.1) is 12.6 Å². The van der Waals surface area contributed by atoms with Gasteiger partial charge in [-0.25, -0.2) is 4.39 Å². The summed E-state index contributed by atoms with van der Waals surface area (Å²) in [4.78, 5) is 12.7. The molecule has 92 valence electrons. The Labute approximate surface area is 99.9 Å². The van der Waals surface area contributed by atoms with Gasteiger partial charge in [0.15, 0.2) is 0 Å². The van der Waals surface area contributed by atoms with Crippen LogP contribution in [-0.2, 0) is 0 Å². The lowest BCUT2D eigenvalue weighted by Gasteiger charge is -2.36. The number of piperidine rings is 1. The summed E-state index contributed by atoms with van der Waals surface area (Å²) in [5.74, 6) is -0.410. The normalized spacial score (nSPS) is 20.4. The van der Waals surface area contributed by atoms with Gasteiger partial charge in [0, 0.05) is 17.8 Å². The van der Waals surface area contributed by atoms with Crippen molar-refractivity contribution >= 4 is 12.0 Å². The SMILES string of the molecule is O=Cc1cc(F)cc(N2CCCCC2CO)c1. The van der Waals surface area contributed by atoms with Crippen molar-refractivity contribution in [2.45, 2.75) is 25.3 Å². The number of aldehydes is 1. The quantitative estimate of drug-likeness (QED) is 0.817. The molecule has 0 saturated carbocycles. The predicted molar refractivity (Wildman–Crippen MR) is 63.9 cm³/mol. The zero-order chi connectivity index (χ0) is 12.3. The van der Waals surface area contributed by atoms with Crippen LogP contribution in [0, 0.1) is 5.82 Å². The first-order chi connectivity index (χ1) is 8.24. The third-order valence-corrected chi connectivity index (χ3v) is 3.21. The van der Waals surface area contributed by atoms with Crippen LogP contribution in [0.4, 0.5) is 10.1 Å². The molecule has 1 saturated heterocycles. The van der Waals surface area contributed by atoms with Crippen molar-refractivity contribution in [1.29, 1.82) is 0 Å². The maximum Gasteiger partial charge on any atom is 0.150 e. The number of benzene rings is 1. The Hall–Kier alpha value is -1.42. The second kappa shape index (κ2) is 5.27. The predicted octanol–water partition coefficient (Wildman–Crippen LogP) is 1.99. The molecule has 0 radical (unpaired) electrons. The number of halogens is 1. The number of carbonyl (C=O) groups excluding carboxylic acids is 1. The van der Waals surface area contributed by atoms with E-state index in [0.717, 1.165) is 25.8 Å². The van der Waals surface area contributed by atoms with Crippen molar-refractivity contribution in [1.82, 2.24) is 0 Å². The molecule has 1 aromatic rings. The second-order valence-electron chi connectivity index (χ2n) is 4.39. The minimum Gasteiger partial charge on any atom is -0.394 e. The lowest BCUT2D eigenvalue weighted by atomic mass is 10.0. The standard InChI is InChI=1S/C13H16FNO2/c14-11-5-10(8-16)6-13(7-11)15-4-2-1-3-12(15)9-17/h5-8,12,17H,1-4,9H2. The molecule has 1 fully saturated rings. The van der Waals surface area contributed by atoms with E-state index in [2.05, 4.69) is 0 Å². The summed E-state index contributed by atoms with van der Waals surface area (Å²) < 4.78 is 13.4. The Morgan fingerprint density at radius 2 is 2.24 bits per heavy atom. The van der Waals surface area contributed by atoms with E-state index in [4.69, 9.17) is 0 Å².